The Balaban J connectivity index is 2.20. The van der Waals surface area contributed by atoms with Crippen molar-refractivity contribution in [3.05, 3.63) is 35.9 Å². The first-order chi connectivity index (χ1) is 6.77. The summed E-state index contributed by atoms with van der Waals surface area (Å²) >= 11 is 0. The molecule has 0 heterocycles. The van der Waals surface area contributed by atoms with E-state index in [0.29, 0.717) is 6.42 Å². The van der Waals surface area contributed by atoms with Gasteiger partial charge in [0.1, 0.15) is 0 Å². The van der Waals surface area contributed by atoms with Gasteiger partial charge in [0.15, 0.2) is 0 Å². The second kappa shape index (κ2) is 3.70. The van der Waals surface area contributed by atoms with E-state index in [4.69, 9.17) is 5.73 Å². The van der Waals surface area contributed by atoms with E-state index in [1.807, 2.05) is 18.2 Å². The van der Waals surface area contributed by atoms with E-state index in [9.17, 15) is 4.39 Å². The minimum atomic E-state index is -0.248. The van der Waals surface area contributed by atoms with Gasteiger partial charge in [0.2, 0.25) is 0 Å². The third-order valence-corrected chi connectivity index (χ3v) is 3.27. The summed E-state index contributed by atoms with van der Waals surface area (Å²) in [6.07, 6.45) is 2.48. The zero-order chi connectivity index (χ0) is 10.0. The molecule has 0 aliphatic heterocycles. The van der Waals surface area contributed by atoms with E-state index < -0.39 is 0 Å². The van der Waals surface area contributed by atoms with Crippen LogP contribution in [0.25, 0.3) is 0 Å². The Bertz CT molecular complexity index is 285. The molecule has 0 atom stereocenters. The Morgan fingerprint density at radius 1 is 1.29 bits per heavy atom. The number of benzene rings is 1. The lowest BCUT2D eigenvalue weighted by Gasteiger charge is -2.46. The molecule has 2 rings (SSSR count). The molecule has 0 spiro atoms. The molecule has 76 valence electrons. The second-order valence-corrected chi connectivity index (χ2v) is 4.25. The average Bonchev–Trinajstić information content (AvgIpc) is 2.17. The molecular formula is C12H16FN. The molecule has 0 amide bonds. The van der Waals surface area contributed by atoms with Crippen molar-refractivity contribution in [2.75, 3.05) is 6.67 Å². The third kappa shape index (κ3) is 1.55. The monoisotopic (exact) mass is 193 g/mol. The Morgan fingerprint density at radius 3 is 2.43 bits per heavy atom. The van der Waals surface area contributed by atoms with E-state index in [0.717, 1.165) is 12.8 Å². The van der Waals surface area contributed by atoms with Gasteiger partial charge in [0, 0.05) is 11.5 Å². The molecule has 1 nitrogen and oxygen atoms in total. The van der Waals surface area contributed by atoms with Crippen molar-refractivity contribution in [2.24, 2.45) is 5.73 Å². The van der Waals surface area contributed by atoms with Gasteiger partial charge < -0.3 is 5.73 Å². The highest BCUT2D eigenvalue weighted by Gasteiger charge is 2.43. The van der Waals surface area contributed by atoms with Crippen LogP contribution in [0.1, 0.15) is 24.8 Å². The van der Waals surface area contributed by atoms with Crippen LogP contribution < -0.4 is 5.73 Å². The van der Waals surface area contributed by atoms with Gasteiger partial charge in [-0.3, -0.25) is 4.39 Å². The van der Waals surface area contributed by atoms with Crippen molar-refractivity contribution in [1.82, 2.24) is 0 Å². The number of hydrogen-bond donors (Lipinski definition) is 1. The van der Waals surface area contributed by atoms with Crippen molar-refractivity contribution in [3.63, 3.8) is 0 Å². The molecule has 1 aliphatic rings. The Kier molecular flexibility index (Phi) is 2.55. The van der Waals surface area contributed by atoms with Crippen LogP contribution in [-0.2, 0) is 5.41 Å². The van der Waals surface area contributed by atoms with Gasteiger partial charge in [-0.05, 0) is 24.8 Å². The summed E-state index contributed by atoms with van der Waals surface area (Å²) in [7, 11) is 0. The van der Waals surface area contributed by atoms with Crippen molar-refractivity contribution < 1.29 is 4.39 Å². The van der Waals surface area contributed by atoms with E-state index >= 15 is 0 Å². The topological polar surface area (TPSA) is 26.0 Å². The summed E-state index contributed by atoms with van der Waals surface area (Å²) in [6, 6.07) is 10.5. The second-order valence-electron chi connectivity index (χ2n) is 4.25. The molecule has 0 aromatic heterocycles. The maximum Gasteiger partial charge on any atom is 0.0903 e. The summed E-state index contributed by atoms with van der Waals surface area (Å²) in [5.74, 6) is 0. The first kappa shape index (κ1) is 9.66. The highest BCUT2D eigenvalue weighted by Crippen LogP contribution is 2.45. The Hall–Kier alpha value is -0.890. The molecule has 2 N–H and O–H groups in total. The van der Waals surface area contributed by atoms with E-state index in [1.54, 1.807) is 0 Å². The van der Waals surface area contributed by atoms with Gasteiger partial charge in [0.25, 0.3) is 0 Å². The van der Waals surface area contributed by atoms with Gasteiger partial charge in [-0.25, -0.2) is 0 Å². The summed E-state index contributed by atoms with van der Waals surface area (Å²) < 4.78 is 12.5. The number of rotatable bonds is 3. The fourth-order valence-electron chi connectivity index (χ4n) is 2.50. The zero-order valence-corrected chi connectivity index (χ0v) is 8.25. The molecule has 1 aromatic rings. The lowest BCUT2D eigenvalue weighted by Crippen LogP contribution is -2.49. The molecule has 0 saturated heterocycles. The number of hydrogen-bond acceptors (Lipinski definition) is 1. The standard InChI is InChI=1S/C12H16FN/c13-7-6-12(8-11(14)9-12)10-4-2-1-3-5-10/h1-5,11H,6-9,14H2. The molecule has 1 saturated carbocycles. The minimum Gasteiger partial charge on any atom is -0.328 e. The fraction of sp³-hybridized carbons (Fsp3) is 0.500. The van der Waals surface area contributed by atoms with Crippen LogP contribution in [0.3, 0.4) is 0 Å². The van der Waals surface area contributed by atoms with E-state index in [2.05, 4.69) is 12.1 Å². The van der Waals surface area contributed by atoms with Crippen molar-refractivity contribution in [1.29, 1.82) is 0 Å². The quantitative estimate of drug-likeness (QED) is 0.783. The molecule has 14 heavy (non-hydrogen) atoms. The maximum absolute atomic E-state index is 12.5. The lowest BCUT2D eigenvalue weighted by atomic mass is 9.60. The molecule has 1 aliphatic carbocycles. The minimum absolute atomic E-state index is 0.0371. The average molecular weight is 193 g/mol. The normalized spacial score (nSPS) is 31.1. The van der Waals surface area contributed by atoms with Crippen LogP contribution in [0.2, 0.25) is 0 Å². The number of halogens is 1. The van der Waals surface area contributed by atoms with E-state index in [-0.39, 0.29) is 18.1 Å². The summed E-state index contributed by atoms with van der Waals surface area (Å²) in [4.78, 5) is 0. The summed E-state index contributed by atoms with van der Waals surface area (Å²) in [5.41, 5.74) is 7.09. The van der Waals surface area contributed by atoms with Gasteiger partial charge in [-0.1, -0.05) is 30.3 Å². The molecule has 2 heteroatoms. The van der Waals surface area contributed by atoms with Crippen LogP contribution in [-0.4, -0.2) is 12.7 Å². The first-order valence-corrected chi connectivity index (χ1v) is 5.14. The predicted molar refractivity (Wildman–Crippen MR) is 55.9 cm³/mol. The van der Waals surface area contributed by atoms with Crippen LogP contribution in [0.4, 0.5) is 4.39 Å². The number of nitrogens with two attached hydrogens (primary N) is 1. The van der Waals surface area contributed by atoms with Gasteiger partial charge in [0.05, 0.1) is 6.67 Å². The predicted octanol–water partition coefficient (Wildman–Crippen LogP) is 2.41. The van der Waals surface area contributed by atoms with Crippen LogP contribution in [0.5, 0.6) is 0 Å². The SMILES string of the molecule is NC1CC(CCF)(c2ccccc2)C1. The summed E-state index contributed by atoms with van der Waals surface area (Å²) in [6.45, 7) is -0.248. The van der Waals surface area contributed by atoms with Crippen LogP contribution in [0.15, 0.2) is 30.3 Å². The van der Waals surface area contributed by atoms with Crippen molar-refractivity contribution in [2.45, 2.75) is 30.7 Å². The van der Waals surface area contributed by atoms with Gasteiger partial charge in [-0.2, -0.15) is 0 Å². The molecule has 0 unspecified atom stereocenters. The number of alkyl halides is 1. The van der Waals surface area contributed by atoms with Gasteiger partial charge in [-0.15, -0.1) is 0 Å². The Labute approximate surface area is 84.1 Å². The molecular weight excluding hydrogens is 177 g/mol. The van der Waals surface area contributed by atoms with Crippen LogP contribution in [0, 0.1) is 0 Å². The van der Waals surface area contributed by atoms with Crippen molar-refractivity contribution >= 4 is 0 Å². The Morgan fingerprint density at radius 2 is 1.93 bits per heavy atom. The lowest BCUT2D eigenvalue weighted by molar-refractivity contribution is 0.173. The molecule has 1 aromatic carbocycles. The fourth-order valence-corrected chi connectivity index (χ4v) is 2.50. The first-order valence-electron chi connectivity index (χ1n) is 5.14. The van der Waals surface area contributed by atoms with Crippen molar-refractivity contribution in [3.8, 4) is 0 Å². The largest absolute Gasteiger partial charge is 0.328 e. The third-order valence-electron chi connectivity index (χ3n) is 3.27. The molecule has 1 fully saturated rings. The summed E-state index contributed by atoms with van der Waals surface area (Å²) in [5, 5.41) is 0. The zero-order valence-electron chi connectivity index (χ0n) is 8.25. The van der Waals surface area contributed by atoms with E-state index in [1.165, 1.54) is 5.56 Å². The maximum atomic E-state index is 12.5. The molecule has 0 radical (unpaired) electrons. The van der Waals surface area contributed by atoms with Crippen LogP contribution >= 0.6 is 0 Å². The highest BCUT2D eigenvalue weighted by molar-refractivity contribution is 5.29. The highest BCUT2D eigenvalue weighted by atomic mass is 19.1. The molecule has 0 bridgehead atoms. The van der Waals surface area contributed by atoms with Gasteiger partial charge >= 0.3 is 0 Å². The smallest absolute Gasteiger partial charge is 0.0903 e.